The van der Waals surface area contributed by atoms with Gasteiger partial charge in [-0.1, -0.05) is 23.8 Å². The van der Waals surface area contributed by atoms with Crippen molar-refractivity contribution in [2.45, 2.75) is 13.5 Å². The molecule has 0 saturated carbocycles. The Morgan fingerprint density at radius 1 is 1.24 bits per heavy atom. The van der Waals surface area contributed by atoms with Crippen molar-refractivity contribution in [1.82, 2.24) is 15.1 Å². The lowest BCUT2D eigenvalue weighted by Crippen LogP contribution is -2.33. The minimum Gasteiger partial charge on any atom is -0.418 e. The first kappa shape index (κ1) is 17.3. The Morgan fingerprint density at radius 3 is 2.72 bits per heavy atom. The van der Waals surface area contributed by atoms with Gasteiger partial charge < -0.3 is 14.1 Å². The summed E-state index contributed by atoms with van der Waals surface area (Å²) in [5.41, 5.74) is 1.73. The van der Waals surface area contributed by atoms with Crippen LogP contribution in [0.5, 0.6) is 0 Å². The van der Waals surface area contributed by atoms with Crippen molar-refractivity contribution < 1.29 is 13.9 Å². The molecule has 2 heterocycles. The molecule has 130 valence electrons. The van der Waals surface area contributed by atoms with Crippen LogP contribution in [0.15, 0.2) is 46.2 Å². The van der Waals surface area contributed by atoms with Gasteiger partial charge in [0, 0.05) is 19.2 Å². The van der Waals surface area contributed by atoms with Crippen LogP contribution in [-0.2, 0) is 11.3 Å². The van der Waals surface area contributed by atoms with E-state index in [0.29, 0.717) is 30.5 Å². The molecule has 0 fully saturated rings. The van der Waals surface area contributed by atoms with Crippen LogP contribution in [0, 0.1) is 6.92 Å². The number of amides is 1. The molecule has 3 aromatic rings. The molecule has 0 aliphatic carbocycles. The van der Waals surface area contributed by atoms with Crippen LogP contribution in [0.25, 0.3) is 10.8 Å². The monoisotopic (exact) mass is 357 g/mol. The predicted molar refractivity (Wildman–Crippen MR) is 95.4 cm³/mol. The second-order valence-corrected chi connectivity index (χ2v) is 6.51. The zero-order valence-corrected chi connectivity index (χ0v) is 15.0. The van der Waals surface area contributed by atoms with E-state index in [2.05, 4.69) is 10.2 Å². The molecule has 0 saturated heterocycles. The van der Waals surface area contributed by atoms with E-state index in [-0.39, 0.29) is 12.5 Å². The van der Waals surface area contributed by atoms with Gasteiger partial charge in [0.1, 0.15) is 0 Å². The third-order valence-corrected chi connectivity index (χ3v) is 4.53. The Labute approximate surface area is 150 Å². The SMILES string of the molecule is COCCN(Cc1nnc(-c2cccs2)o1)C(=O)c1ccc(C)cc1. The summed E-state index contributed by atoms with van der Waals surface area (Å²) in [5.74, 6) is 0.785. The fourth-order valence-electron chi connectivity index (χ4n) is 2.31. The van der Waals surface area contributed by atoms with Gasteiger partial charge in [-0.25, -0.2) is 0 Å². The Hall–Kier alpha value is -2.51. The number of rotatable bonds is 7. The van der Waals surface area contributed by atoms with Gasteiger partial charge in [-0.3, -0.25) is 4.79 Å². The number of hydrogen-bond acceptors (Lipinski definition) is 6. The van der Waals surface area contributed by atoms with Gasteiger partial charge >= 0.3 is 0 Å². The molecule has 0 bridgehead atoms. The summed E-state index contributed by atoms with van der Waals surface area (Å²) in [6.07, 6.45) is 0. The molecule has 0 N–H and O–H groups in total. The van der Waals surface area contributed by atoms with E-state index in [9.17, 15) is 4.79 Å². The Morgan fingerprint density at radius 2 is 2.04 bits per heavy atom. The van der Waals surface area contributed by atoms with Crippen molar-refractivity contribution in [2.75, 3.05) is 20.3 Å². The first-order chi connectivity index (χ1) is 12.2. The fourth-order valence-corrected chi connectivity index (χ4v) is 2.96. The van der Waals surface area contributed by atoms with E-state index in [1.807, 2.05) is 48.7 Å². The number of carbonyl (C=O) groups excluding carboxylic acids is 1. The van der Waals surface area contributed by atoms with Crippen LogP contribution in [0.3, 0.4) is 0 Å². The van der Waals surface area contributed by atoms with E-state index in [0.717, 1.165) is 10.4 Å². The van der Waals surface area contributed by atoms with Crippen LogP contribution >= 0.6 is 11.3 Å². The maximum absolute atomic E-state index is 12.8. The largest absolute Gasteiger partial charge is 0.418 e. The lowest BCUT2D eigenvalue weighted by molar-refractivity contribution is 0.0663. The highest BCUT2D eigenvalue weighted by molar-refractivity contribution is 7.13. The molecule has 0 radical (unpaired) electrons. The molecule has 0 spiro atoms. The summed E-state index contributed by atoms with van der Waals surface area (Å²) < 4.78 is 10.8. The standard InChI is InChI=1S/C18H19N3O3S/c1-13-5-7-14(8-6-13)18(22)21(9-10-23-2)12-16-19-20-17(24-16)15-4-3-11-25-15/h3-8,11H,9-10,12H2,1-2H3. The van der Waals surface area contributed by atoms with Crippen molar-refractivity contribution in [3.63, 3.8) is 0 Å². The topological polar surface area (TPSA) is 68.5 Å². The molecule has 1 amide bonds. The normalized spacial score (nSPS) is 10.8. The molecule has 6 nitrogen and oxygen atoms in total. The van der Waals surface area contributed by atoms with Crippen LogP contribution < -0.4 is 0 Å². The number of benzene rings is 1. The summed E-state index contributed by atoms with van der Waals surface area (Å²) in [6, 6.07) is 11.3. The number of hydrogen-bond donors (Lipinski definition) is 0. The molecule has 0 atom stereocenters. The molecule has 25 heavy (non-hydrogen) atoms. The summed E-state index contributed by atoms with van der Waals surface area (Å²) >= 11 is 1.53. The Bertz CT molecular complexity index is 812. The molecule has 7 heteroatoms. The van der Waals surface area contributed by atoms with Crippen LogP contribution in [0.4, 0.5) is 0 Å². The van der Waals surface area contributed by atoms with E-state index >= 15 is 0 Å². The number of carbonyl (C=O) groups is 1. The first-order valence-corrected chi connectivity index (χ1v) is 8.76. The number of ether oxygens (including phenoxy) is 1. The van der Waals surface area contributed by atoms with Gasteiger partial charge in [0.05, 0.1) is 18.0 Å². The van der Waals surface area contributed by atoms with Crippen molar-refractivity contribution in [2.24, 2.45) is 0 Å². The van der Waals surface area contributed by atoms with Gasteiger partial charge in [-0.05, 0) is 30.5 Å². The molecular weight excluding hydrogens is 338 g/mol. The van der Waals surface area contributed by atoms with Gasteiger partial charge in [-0.2, -0.15) is 0 Å². The highest BCUT2D eigenvalue weighted by atomic mass is 32.1. The smallest absolute Gasteiger partial charge is 0.257 e. The summed E-state index contributed by atoms with van der Waals surface area (Å²) in [7, 11) is 1.61. The van der Waals surface area contributed by atoms with E-state index in [4.69, 9.17) is 9.15 Å². The molecule has 0 aliphatic heterocycles. The average molecular weight is 357 g/mol. The van der Waals surface area contributed by atoms with Gasteiger partial charge in [0.15, 0.2) is 0 Å². The molecule has 0 aliphatic rings. The second kappa shape index (κ2) is 8.04. The predicted octanol–water partition coefficient (Wildman–Crippen LogP) is 3.40. The van der Waals surface area contributed by atoms with Crippen molar-refractivity contribution in [3.05, 3.63) is 58.8 Å². The van der Waals surface area contributed by atoms with Crippen molar-refractivity contribution in [3.8, 4) is 10.8 Å². The minimum absolute atomic E-state index is 0.0899. The number of nitrogens with zero attached hydrogens (tertiary/aromatic N) is 3. The molecule has 1 aromatic carbocycles. The molecular formula is C18H19N3O3S. The lowest BCUT2D eigenvalue weighted by Gasteiger charge is -2.20. The third-order valence-electron chi connectivity index (χ3n) is 3.68. The second-order valence-electron chi connectivity index (χ2n) is 5.56. The van der Waals surface area contributed by atoms with Crippen molar-refractivity contribution in [1.29, 1.82) is 0 Å². The zero-order valence-electron chi connectivity index (χ0n) is 14.1. The lowest BCUT2D eigenvalue weighted by atomic mass is 10.1. The zero-order chi connectivity index (χ0) is 17.6. The van der Waals surface area contributed by atoms with Gasteiger partial charge in [-0.15, -0.1) is 21.5 Å². The average Bonchev–Trinajstić information content (AvgIpc) is 3.30. The van der Waals surface area contributed by atoms with Gasteiger partial charge in [0.25, 0.3) is 11.8 Å². The Balaban J connectivity index is 1.76. The van der Waals surface area contributed by atoms with Crippen molar-refractivity contribution >= 4 is 17.2 Å². The van der Waals surface area contributed by atoms with Crippen LogP contribution in [0.1, 0.15) is 21.8 Å². The summed E-state index contributed by atoms with van der Waals surface area (Å²) in [5, 5.41) is 10.1. The number of aromatic nitrogens is 2. The quantitative estimate of drug-likeness (QED) is 0.648. The van der Waals surface area contributed by atoms with E-state index in [1.54, 1.807) is 12.0 Å². The van der Waals surface area contributed by atoms with Crippen LogP contribution in [-0.4, -0.2) is 41.3 Å². The highest BCUT2D eigenvalue weighted by Gasteiger charge is 2.19. The minimum atomic E-state index is -0.0899. The Kier molecular flexibility index (Phi) is 5.57. The third kappa shape index (κ3) is 4.32. The molecule has 0 unspecified atom stereocenters. The number of thiophene rings is 1. The maximum Gasteiger partial charge on any atom is 0.257 e. The van der Waals surface area contributed by atoms with E-state index in [1.165, 1.54) is 11.3 Å². The molecule has 3 rings (SSSR count). The highest BCUT2D eigenvalue weighted by Crippen LogP contribution is 2.23. The first-order valence-electron chi connectivity index (χ1n) is 7.88. The number of aryl methyl sites for hydroxylation is 1. The van der Waals surface area contributed by atoms with E-state index < -0.39 is 0 Å². The fraction of sp³-hybridized carbons (Fsp3) is 0.278. The van der Waals surface area contributed by atoms with Gasteiger partial charge in [0.2, 0.25) is 5.89 Å². The molecule has 2 aromatic heterocycles. The maximum atomic E-state index is 12.8. The number of methoxy groups -OCH3 is 1. The summed E-state index contributed by atoms with van der Waals surface area (Å²) in [6.45, 7) is 3.11. The summed E-state index contributed by atoms with van der Waals surface area (Å²) in [4.78, 5) is 15.3. The van der Waals surface area contributed by atoms with Crippen LogP contribution in [0.2, 0.25) is 0 Å².